The minimum Gasteiger partial charge on any atom is -0.478 e. The highest BCUT2D eigenvalue weighted by molar-refractivity contribution is 5.90. The maximum Gasteiger partial charge on any atom is 0.417 e. The molecule has 0 aliphatic heterocycles. The van der Waals surface area contributed by atoms with Crippen LogP contribution in [0.1, 0.15) is 48.5 Å². The zero-order chi connectivity index (χ0) is 15.0. The molecule has 2 N–H and O–H groups in total. The number of hydrogen-bond acceptors (Lipinski definition) is 2. The topological polar surface area (TPSA) is 49.3 Å². The third-order valence-electron chi connectivity index (χ3n) is 3.71. The van der Waals surface area contributed by atoms with Gasteiger partial charge in [0.2, 0.25) is 0 Å². The molecule has 110 valence electrons. The Morgan fingerprint density at radius 3 is 2.40 bits per heavy atom. The number of carbonyl (C=O) groups is 1. The number of halogens is 3. The lowest BCUT2D eigenvalue weighted by atomic mass is 9.99. The predicted molar refractivity (Wildman–Crippen MR) is 68.9 cm³/mol. The van der Waals surface area contributed by atoms with E-state index >= 15 is 0 Å². The van der Waals surface area contributed by atoms with Gasteiger partial charge in [-0.15, -0.1) is 0 Å². The Morgan fingerprint density at radius 2 is 1.90 bits per heavy atom. The number of carboxylic acids is 1. The van der Waals surface area contributed by atoms with Crippen LogP contribution in [0, 0.1) is 0 Å². The van der Waals surface area contributed by atoms with Crippen molar-refractivity contribution >= 4 is 11.7 Å². The molecule has 0 spiro atoms. The first-order chi connectivity index (χ1) is 9.21. The Labute approximate surface area is 114 Å². The lowest BCUT2D eigenvalue weighted by Crippen LogP contribution is -2.31. The average molecular weight is 287 g/mol. The molecule has 1 aliphatic carbocycles. The van der Waals surface area contributed by atoms with E-state index < -0.39 is 23.3 Å². The molecule has 0 amide bonds. The van der Waals surface area contributed by atoms with Crippen molar-refractivity contribution in [1.82, 2.24) is 0 Å². The Hall–Kier alpha value is -1.72. The van der Waals surface area contributed by atoms with Crippen molar-refractivity contribution < 1.29 is 23.1 Å². The van der Waals surface area contributed by atoms with Gasteiger partial charge in [-0.25, -0.2) is 4.79 Å². The predicted octanol–water partition coefficient (Wildman–Crippen LogP) is 4.15. The summed E-state index contributed by atoms with van der Waals surface area (Å²) < 4.78 is 38.7. The van der Waals surface area contributed by atoms with E-state index in [1.165, 1.54) is 6.07 Å². The lowest BCUT2D eigenvalue weighted by Gasteiger charge is -2.27. The highest BCUT2D eigenvalue weighted by atomic mass is 19.4. The SMILES string of the molecule is CC1(Nc2ccc(C(=O)O)c(C(F)(F)F)c2)CCCC1. The average Bonchev–Trinajstić information content (AvgIpc) is 2.74. The Morgan fingerprint density at radius 1 is 1.30 bits per heavy atom. The number of hydrogen-bond donors (Lipinski definition) is 2. The second-order valence-electron chi connectivity index (χ2n) is 5.46. The Balaban J connectivity index is 2.35. The fourth-order valence-electron chi connectivity index (χ4n) is 2.67. The summed E-state index contributed by atoms with van der Waals surface area (Å²) >= 11 is 0. The van der Waals surface area contributed by atoms with Gasteiger partial charge in [0.1, 0.15) is 0 Å². The molecule has 0 heterocycles. The standard InChI is InChI=1S/C14H16F3NO2/c1-13(6-2-3-7-13)18-9-4-5-10(12(19)20)11(8-9)14(15,16)17/h4-5,8,18H,2-3,6-7H2,1H3,(H,19,20). The second kappa shape index (κ2) is 5.00. The van der Waals surface area contributed by atoms with Crippen molar-refractivity contribution in [2.45, 2.75) is 44.3 Å². The molecule has 0 atom stereocenters. The van der Waals surface area contributed by atoms with Crippen LogP contribution in [0.5, 0.6) is 0 Å². The fourth-order valence-corrected chi connectivity index (χ4v) is 2.67. The molecule has 1 aromatic carbocycles. The maximum absolute atomic E-state index is 12.9. The van der Waals surface area contributed by atoms with Gasteiger partial charge in [-0.2, -0.15) is 13.2 Å². The largest absolute Gasteiger partial charge is 0.478 e. The number of nitrogens with one attached hydrogen (secondary N) is 1. The molecule has 0 aromatic heterocycles. The number of carboxylic acid groups (broad SMARTS) is 1. The molecule has 0 saturated heterocycles. The summed E-state index contributed by atoms with van der Waals surface area (Å²) in [5.74, 6) is -1.57. The smallest absolute Gasteiger partial charge is 0.417 e. The highest BCUT2D eigenvalue weighted by Gasteiger charge is 2.36. The summed E-state index contributed by atoms with van der Waals surface area (Å²) in [7, 11) is 0. The van der Waals surface area contributed by atoms with Crippen molar-refractivity contribution in [2.75, 3.05) is 5.32 Å². The van der Waals surface area contributed by atoms with Gasteiger partial charge in [0.15, 0.2) is 0 Å². The van der Waals surface area contributed by atoms with Gasteiger partial charge in [-0.05, 0) is 38.0 Å². The molecule has 1 fully saturated rings. The summed E-state index contributed by atoms with van der Waals surface area (Å²) in [6, 6.07) is 3.28. The van der Waals surface area contributed by atoms with Crippen molar-refractivity contribution in [2.24, 2.45) is 0 Å². The number of benzene rings is 1. The lowest BCUT2D eigenvalue weighted by molar-refractivity contribution is -0.138. The van der Waals surface area contributed by atoms with Crippen LogP contribution in [-0.4, -0.2) is 16.6 Å². The van der Waals surface area contributed by atoms with E-state index in [1.807, 2.05) is 6.92 Å². The summed E-state index contributed by atoms with van der Waals surface area (Å²) in [5.41, 5.74) is -1.74. The normalized spacial score (nSPS) is 18.0. The first-order valence-corrected chi connectivity index (χ1v) is 6.44. The molecule has 0 radical (unpaired) electrons. The molecule has 3 nitrogen and oxygen atoms in total. The number of anilines is 1. The van der Waals surface area contributed by atoms with Gasteiger partial charge in [0.25, 0.3) is 0 Å². The maximum atomic E-state index is 12.9. The van der Waals surface area contributed by atoms with Crippen LogP contribution in [-0.2, 0) is 6.18 Å². The van der Waals surface area contributed by atoms with Crippen LogP contribution >= 0.6 is 0 Å². The summed E-state index contributed by atoms with van der Waals surface area (Å²) in [4.78, 5) is 10.9. The molecule has 6 heteroatoms. The summed E-state index contributed by atoms with van der Waals surface area (Å²) in [6.07, 6.45) is -0.794. The molecule has 2 rings (SSSR count). The van der Waals surface area contributed by atoms with E-state index in [0.29, 0.717) is 5.69 Å². The van der Waals surface area contributed by atoms with Crippen LogP contribution in [0.2, 0.25) is 0 Å². The van der Waals surface area contributed by atoms with Crippen molar-refractivity contribution in [3.8, 4) is 0 Å². The van der Waals surface area contributed by atoms with Crippen LogP contribution in [0.4, 0.5) is 18.9 Å². The molecular weight excluding hydrogens is 271 g/mol. The minimum absolute atomic E-state index is 0.215. The van der Waals surface area contributed by atoms with Gasteiger partial charge < -0.3 is 10.4 Å². The molecular formula is C14H16F3NO2. The van der Waals surface area contributed by atoms with Crippen molar-refractivity contribution in [3.05, 3.63) is 29.3 Å². The van der Waals surface area contributed by atoms with Gasteiger partial charge in [-0.1, -0.05) is 12.8 Å². The Bertz CT molecular complexity index is 520. The highest BCUT2D eigenvalue weighted by Crippen LogP contribution is 2.37. The molecule has 1 aliphatic rings. The molecule has 1 saturated carbocycles. The first-order valence-electron chi connectivity index (χ1n) is 6.44. The van der Waals surface area contributed by atoms with Gasteiger partial charge in [-0.3, -0.25) is 0 Å². The van der Waals surface area contributed by atoms with E-state index in [2.05, 4.69) is 5.32 Å². The number of aromatic carboxylic acids is 1. The van der Waals surface area contributed by atoms with E-state index in [1.54, 1.807) is 0 Å². The second-order valence-corrected chi connectivity index (χ2v) is 5.46. The zero-order valence-electron chi connectivity index (χ0n) is 11.0. The van der Waals surface area contributed by atoms with Crippen LogP contribution < -0.4 is 5.32 Å². The minimum atomic E-state index is -4.68. The van der Waals surface area contributed by atoms with E-state index in [-0.39, 0.29) is 5.54 Å². The van der Waals surface area contributed by atoms with Gasteiger partial charge in [0.05, 0.1) is 11.1 Å². The van der Waals surface area contributed by atoms with Crippen LogP contribution in [0.25, 0.3) is 0 Å². The number of alkyl halides is 3. The van der Waals surface area contributed by atoms with Gasteiger partial charge >= 0.3 is 12.1 Å². The fraction of sp³-hybridized carbons (Fsp3) is 0.500. The van der Waals surface area contributed by atoms with Crippen LogP contribution in [0.15, 0.2) is 18.2 Å². The molecule has 20 heavy (non-hydrogen) atoms. The molecule has 0 unspecified atom stereocenters. The van der Waals surface area contributed by atoms with E-state index in [0.717, 1.165) is 37.8 Å². The van der Waals surface area contributed by atoms with Gasteiger partial charge in [0, 0.05) is 11.2 Å². The van der Waals surface area contributed by atoms with E-state index in [4.69, 9.17) is 5.11 Å². The third-order valence-corrected chi connectivity index (χ3v) is 3.71. The first kappa shape index (κ1) is 14.7. The monoisotopic (exact) mass is 287 g/mol. The third kappa shape index (κ3) is 3.05. The summed E-state index contributed by atoms with van der Waals surface area (Å²) in [6.45, 7) is 1.97. The van der Waals surface area contributed by atoms with E-state index in [9.17, 15) is 18.0 Å². The molecule has 0 bridgehead atoms. The number of rotatable bonds is 3. The Kier molecular flexibility index (Phi) is 3.67. The quantitative estimate of drug-likeness (QED) is 0.878. The molecule has 1 aromatic rings. The zero-order valence-corrected chi connectivity index (χ0v) is 11.0. The van der Waals surface area contributed by atoms with Crippen molar-refractivity contribution in [3.63, 3.8) is 0 Å². The van der Waals surface area contributed by atoms with Crippen LogP contribution in [0.3, 0.4) is 0 Å². The van der Waals surface area contributed by atoms with Crippen molar-refractivity contribution in [1.29, 1.82) is 0 Å². The summed E-state index contributed by atoms with van der Waals surface area (Å²) in [5, 5.41) is 11.9.